The quantitative estimate of drug-likeness (QED) is 0.821. The Balaban J connectivity index is 2.67. The van der Waals surface area contributed by atoms with Gasteiger partial charge in [0.25, 0.3) is 0 Å². The van der Waals surface area contributed by atoms with Crippen LogP contribution in [-0.4, -0.2) is 25.4 Å². The maximum absolute atomic E-state index is 10.9. The third-order valence-corrected chi connectivity index (χ3v) is 2.20. The molecule has 78 valence electrons. The van der Waals surface area contributed by atoms with E-state index in [-0.39, 0.29) is 5.69 Å². The van der Waals surface area contributed by atoms with E-state index < -0.39 is 5.97 Å². The lowest BCUT2D eigenvalue weighted by Crippen LogP contribution is -1.97. The van der Waals surface area contributed by atoms with Crippen LogP contribution in [0.1, 0.15) is 29.7 Å². The molecule has 0 atom stereocenters. The SMILES string of the molecule is CCCc1nc(C(=O)O)c2cnccn12. The first kappa shape index (κ1) is 9.64. The minimum atomic E-state index is -1.01. The third-order valence-electron chi connectivity index (χ3n) is 2.20. The van der Waals surface area contributed by atoms with Gasteiger partial charge in [0, 0.05) is 18.8 Å². The number of carbonyl (C=O) groups is 1. The first-order valence-electron chi connectivity index (χ1n) is 4.78. The standard InChI is InChI=1S/C10H11N3O2/c1-2-3-8-12-9(10(14)15)7-6-11-4-5-13(7)8/h4-6H,2-3H2,1H3,(H,14,15). The maximum atomic E-state index is 10.9. The molecule has 2 heterocycles. The zero-order chi connectivity index (χ0) is 10.8. The van der Waals surface area contributed by atoms with E-state index in [1.165, 1.54) is 6.20 Å². The number of rotatable bonds is 3. The van der Waals surface area contributed by atoms with Crippen molar-refractivity contribution in [2.75, 3.05) is 0 Å². The van der Waals surface area contributed by atoms with Crippen LogP contribution in [0.5, 0.6) is 0 Å². The average Bonchev–Trinajstić information content (AvgIpc) is 2.59. The van der Waals surface area contributed by atoms with Gasteiger partial charge in [-0.05, 0) is 6.42 Å². The number of imidazole rings is 1. The molecule has 0 saturated heterocycles. The van der Waals surface area contributed by atoms with Gasteiger partial charge in [0.05, 0.1) is 11.7 Å². The van der Waals surface area contributed by atoms with Crippen molar-refractivity contribution < 1.29 is 9.90 Å². The number of aromatic carboxylic acids is 1. The van der Waals surface area contributed by atoms with Crippen molar-refractivity contribution in [3.05, 3.63) is 30.1 Å². The first-order valence-corrected chi connectivity index (χ1v) is 4.78. The van der Waals surface area contributed by atoms with E-state index in [1.807, 2.05) is 6.92 Å². The summed E-state index contributed by atoms with van der Waals surface area (Å²) in [6.45, 7) is 2.03. The van der Waals surface area contributed by atoms with Crippen LogP contribution in [0.15, 0.2) is 18.6 Å². The molecule has 0 aliphatic carbocycles. The number of carboxylic acid groups (broad SMARTS) is 1. The third kappa shape index (κ3) is 1.56. The monoisotopic (exact) mass is 205 g/mol. The Labute approximate surface area is 86.4 Å². The summed E-state index contributed by atoms with van der Waals surface area (Å²) in [5, 5.41) is 8.96. The van der Waals surface area contributed by atoms with Crippen molar-refractivity contribution in [3.63, 3.8) is 0 Å². The predicted molar refractivity (Wildman–Crippen MR) is 53.9 cm³/mol. The molecule has 5 nitrogen and oxygen atoms in total. The average molecular weight is 205 g/mol. The van der Waals surface area contributed by atoms with Gasteiger partial charge in [-0.3, -0.25) is 9.38 Å². The van der Waals surface area contributed by atoms with Crippen molar-refractivity contribution in [2.45, 2.75) is 19.8 Å². The van der Waals surface area contributed by atoms with Crippen LogP contribution in [0.4, 0.5) is 0 Å². The van der Waals surface area contributed by atoms with Gasteiger partial charge < -0.3 is 5.11 Å². The normalized spacial score (nSPS) is 10.7. The minimum absolute atomic E-state index is 0.0755. The van der Waals surface area contributed by atoms with Crippen molar-refractivity contribution in [2.24, 2.45) is 0 Å². The summed E-state index contributed by atoms with van der Waals surface area (Å²) in [4.78, 5) is 18.9. The lowest BCUT2D eigenvalue weighted by atomic mass is 10.3. The van der Waals surface area contributed by atoms with Crippen LogP contribution in [0.2, 0.25) is 0 Å². The zero-order valence-electron chi connectivity index (χ0n) is 8.34. The summed E-state index contributed by atoms with van der Waals surface area (Å²) >= 11 is 0. The van der Waals surface area contributed by atoms with Gasteiger partial charge >= 0.3 is 5.97 Å². The van der Waals surface area contributed by atoms with Gasteiger partial charge in [-0.2, -0.15) is 0 Å². The van der Waals surface area contributed by atoms with E-state index in [0.717, 1.165) is 18.7 Å². The van der Waals surface area contributed by atoms with Crippen molar-refractivity contribution >= 4 is 11.5 Å². The van der Waals surface area contributed by atoms with E-state index in [4.69, 9.17) is 5.11 Å². The second kappa shape index (κ2) is 3.68. The fourth-order valence-electron chi connectivity index (χ4n) is 1.56. The molecule has 1 N–H and O–H groups in total. The van der Waals surface area contributed by atoms with Gasteiger partial charge in [0.1, 0.15) is 5.82 Å². The molecule has 15 heavy (non-hydrogen) atoms. The largest absolute Gasteiger partial charge is 0.476 e. The molecule has 0 saturated carbocycles. The smallest absolute Gasteiger partial charge is 0.356 e. The van der Waals surface area contributed by atoms with Crippen LogP contribution in [-0.2, 0) is 6.42 Å². The molecule has 0 aliphatic rings. The Bertz CT molecular complexity index is 504. The highest BCUT2D eigenvalue weighted by molar-refractivity contribution is 5.93. The fraction of sp³-hybridized carbons (Fsp3) is 0.300. The van der Waals surface area contributed by atoms with Crippen LogP contribution in [0.25, 0.3) is 5.52 Å². The Morgan fingerprint density at radius 3 is 3.07 bits per heavy atom. The molecule has 2 rings (SSSR count). The maximum Gasteiger partial charge on any atom is 0.356 e. The second-order valence-electron chi connectivity index (χ2n) is 3.26. The molecular weight excluding hydrogens is 194 g/mol. The predicted octanol–water partition coefficient (Wildman–Crippen LogP) is 1.38. The molecular formula is C10H11N3O2. The number of aryl methyl sites for hydroxylation is 1. The zero-order valence-corrected chi connectivity index (χ0v) is 8.34. The lowest BCUT2D eigenvalue weighted by molar-refractivity contribution is 0.0693. The van der Waals surface area contributed by atoms with E-state index in [1.54, 1.807) is 16.8 Å². The summed E-state index contributed by atoms with van der Waals surface area (Å²) in [6.07, 6.45) is 6.58. The highest BCUT2D eigenvalue weighted by Gasteiger charge is 2.15. The van der Waals surface area contributed by atoms with E-state index in [9.17, 15) is 4.79 Å². The van der Waals surface area contributed by atoms with Gasteiger partial charge in [0.2, 0.25) is 0 Å². The van der Waals surface area contributed by atoms with Crippen LogP contribution in [0.3, 0.4) is 0 Å². The van der Waals surface area contributed by atoms with Crippen LogP contribution >= 0.6 is 0 Å². The summed E-state index contributed by atoms with van der Waals surface area (Å²) in [6, 6.07) is 0. The highest BCUT2D eigenvalue weighted by atomic mass is 16.4. The topological polar surface area (TPSA) is 67.5 Å². The summed E-state index contributed by atoms with van der Waals surface area (Å²) in [7, 11) is 0. The van der Waals surface area contributed by atoms with E-state index in [2.05, 4.69) is 9.97 Å². The first-order chi connectivity index (χ1) is 7.24. The van der Waals surface area contributed by atoms with Crippen molar-refractivity contribution in [3.8, 4) is 0 Å². The second-order valence-corrected chi connectivity index (χ2v) is 3.26. The van der Waals surface area contributed by atoms with Gasteiger partial charge in [-0.15, -0.1) is 0 Å². The number of hydrogen-bond donors (Lipinski definition) is 1. The molecule has 0 aromatic carbocycles. The molecule has 0 fully saturated rings. The molecule has 0 radical (unpaired) electrons. The number of aromatic nitrogens is 3. The Morgan fingerprint density at radius 2 is 2.40 bits per heavy atom. The Hall–Kier alpha value is -1.91. The molecule has 5 heteroatoms. The highest BCUT2D eigenvalue weighted by Crippen LogP contribution is 2.13. The Kier molecular flexibility index (Phi) is 2.37. The minimum Gasteiger partial charge on any atom is -0.476 e. The molecule has 0 amide bonds. The molecule has 0 bridgehead atoms. The van der Waals surface area contributed by atoms with Crippen molar-refractivity contribution in [1.82, 2.24) is 14.4 Å². The van der Waals surface area contributed by atoms with E-state index in [0.29, 0.717) is 5.52 Å². The molecule has 0 aliphatic heterocycles. The molecule has 2 aromatic rings. The van der Waals surface area contributed by atoms with E-state index >= 15 is 0 Å². The van der Waals surface area contributed by atoms with Gasteiger partial charge in [-0.1, -0.05) is 6.92 Å². The van der Waals surface area contributed by atoms with Crippen LogP contribution < -0.4 is 0 Å². The summed E-state index contributed by atoms with van der Waals surface area (Å²) in [5.74, 6) is -0.241. The number of hydrogen-bond acceptors (Lipinski definition) is 3. The number of nitrogens with zero attached hydrogens (tertiary/aromatic N) is 3. The summed E-state index contributed by atoms with van der Waals surface area (Å²) < 4.78 is 1.78. The Morgan fingerprint density at radius 1 is 1.60 bits per heavy atom. The molecule has 0 spiro atoms. The van der Waals surface area contributed by atoms with Gasteiger partial charge in [-0.25, -0.2) is 9.78 Å². The molecule has 2 aromatic heterocycles. The number of carboxylic acids is 1. The van der Waals surface area contributed by atoms with Crippen molar-refractivity contribution in [1.29, 1.82) is 0 Å². The lowest BCUT2D eigenvalue weighted by Gasteiger charge is -1.96. The number of fused-ring (bicyclic) bond motifs is 1. The fourth-order valence-corrected chi connectivity index (χ4v) is 1.56. The molecule has 0 unspecified atom stereocenters. The van der Waals surface area contributed by atoms with Gasteiger partial charge in [0.15, 0.2) is 5.69 Å². The summed E-state index contributed by atoms with van der Waals surface area (Å²) in [5.41, 5.74) is 0.625. The van der Waals surface area contributed by atoms with Crippen LogP contribution in [0, 0.1) is 0 Å².